The molecular weight excluding hydrogens is 485 g/mol. The Kier molecular flexibility index (Phi) is 6.47. The van der Waals surface area contributed by atoms with Crippen LogP contribution in [0.2, 0.25) is 0 Å². The van der Waals surface area contributed by atoms with Crippen molar-refractivity contribution in [1.29, 1.82) is 0 Å². The van der Waals surface area contributed by atoms with Crippen molar-refractivity contribution in [2.45, 2.75) is 25.2 Å². The highest BCUT2D eigenvalue weighted by atomic mass is 19.4. The molecular formula is C27H21F3N4O3. The van der Waals surface area contributed by atoms with Crippen molar-refractivity contribution in [2.24, 2.45) is 0 Å². The summed E-state index contributed by atoms with van der Waals surface area (Å²) in [6.07, 6.45) is -4.15. The number of nitrogens with one attached hydrogen (secondary N) is 1. The summed E-state index contributed by atoms with van der Waals surface area (Å²) < 4.78 is 42.4. The Labute approximate surface area is 209 Å². The molecule has 1 aromatic heterocycles. The lowest BCUT2D eigenvalue weighted by Crippen LogP contribution is -2.50. The highest BCUT2D eigenvalue weighted by molar-refractivity contribution is 5.95. The zero-order valence-corrected chi connectivity index (χ0v) is 19.4. The molecule has 1 atom stereocenters. The van der Waals surface area contributed by atoms with Crippen molar-refractivity contribution in [3.8, 4) is 11.4 Å². The molecule has 1 N–H and O–H groups in total. The van der Waals surface area contributed by atoms with Gasteiger partial charge in [0.2, 0.25) is 5.82 Å². The quantitative estimate of drug-likeness (QED) is 0.422. The van der Waals surface area contributed by atoms with E-state index in [-0.39, 0.29) is 35.8 Å². The molecule has 0 saturated carbocycles. The number of nitrogens with zero attached hydrogens (tertiary/aromatic N) is 3. The number of hydrogen-bond acceptors (Lipinski definition) is 5. The summed E-state index contributed by atoms with van der Waals surface area (Å²) in [4.78, 5) is 31.3. The van der Waals surface area contributed by atoms with Gasteiger partial charge in [0.15, 0.2) is 0 Å². The van der Waals surface area contributed by atoms with Crippen LogP contribution >= 0.6 is 0 Å². The first-order valence-electron chi connectivity index (χ1n) is 11.5. The summed E-state index contributed by atoms with van der Waals surface area (Å²) in [5, 5.41) is 6.24. The number of halogens is 3. The highest BCUT2D eigenvalue weighted by Gasteiger charge is 2.38. The normalized spacial score (nSPS) is 15.2. The number of fused-ring (bicyclic) bond motifs is 1. The van der Waals surface area contributed by atoms with Crippen molar-refractivity contribution in [3.05, 3.63) is 107 Å². The lowest BCUT2D eigenvalue weighted by molar-refractivity contribution is -0.159. The van der Waals surface area contributed by atoms with Crippen LogP contribution in [-0.4, -0.2) is 39.4 Å². The molecule has 1 aliphatic rings. The van der Waals surface area contributed by atoms with E-state index in [2.05, 4.69) is 20.0 Å². The average Bonchev–Trinajstić information content (AvgIpc) is 3.43. The summed E-state index contributed by atoms with van der Waals surface area (Å²) in [5.41, 5.74) is 3.35. The van der Waals surface area contributed by atoms with E-state index in [1.54, 1.807) is 17.0 Å². The molecule has 1 unspecified atom stereocenters. The number of amides is 2. The number of aromatic nitrogens is 2. The Morgan fingerprint density at radius 2 is 1.59 bits per heavy atom. The predicted octanol–water partition coefficient (Wildman–Crippen LogP) is 4.75. The lowest BCUT2D eigenvalue weighted by atomic mass is 9.93. The third-order valence-corrected chi connectivity index (χ3v) is 6.21. The standard InChI is InChI=1S/C27H21F3N4O3/c28-27(29,30)26-32-23(33-37-26)17-10-12-18(13-11-17)24(35)31-15-22-14-20-8-4-5-9-21(20)16-34(22)25(36)19-6-2-1-3-7-19/h1-13,22H,14-16H2,(H,31,35). The number of benzene rings is 3. The molecule has 2 heterocycles. The molecule has 1 aliphatic heterocycles. The fraction of sp³-hybridized carbons (Fsp3) is 0.185. The van der Waals surface area contributed by atoms with Gasteiger partial charge in [-0.25, -0.2) is 0 Å². The molecule has 0 bridgehead atoms. The van der Waals surface area contributed by atoms with Crippen LogP contribution in [0.15, 0.2) is 83.4 Å². The molecule has 37 heavy (non-hydrogen) atoms. The SMILES string of the molecule is O=C(NCC1Cc2ccccc2CN1C(=O)c1ccccc1)c1ccc(-c2noc(C(F)(F)F)n2)cc1. The van der Waals surface area contributed by atoms with Gasteiger partial charge >= 0.3 is 12.1 Å². The zero-order valence-electron chi connectivity index (χ0n) is 19.4. The van der Waals surface area contributed by atoms with E-state index in [4.69, 9.17) is 0 Å². The van der Waals surface area contributed by atoms with Crippen LogP contribution in [0.3, 0.4) is 0 Å². The first-order valence-corrected chi connectivity index (χ1v) is 11.5. The molecule has 0 saturated heterocycles. The molecule has 0 radical (unpaired) electrons. The van der Waals surface area contributed by atoms with Crippen LogP contribution in [0.4, 0.5) is 13.2 Å². The van der Waals surface area contributed by atoms with E-state index in [0.717, 1.165) is 11.1 Å². The topological polar surface area (TPSA) is 88.3 Å². The molecule has 7 nitrogen and oxygen atoms in total. The Morgan fingerprint density at radius 3 is 2.27 bits per heavy atom. The van der Waals surface area contributed by atoms with E-state index in [0.29, 0.717) is 24.1 Å². The van der Waals surface area contributed by atoms with E-state index >= 15 is 0 Å². The first kappa shape index (κ1) is 24.2. The number of carbonyl (C=O) groups excluding carboxylic acids is 2. The lowest BCUT2D eigenvalue weighted by Gasteiger charge is -2.37. The van der Waals surface area contributed by atoms with E-state index < -0.39 is 12.1 Å². The van der Waals surface area contributed by atoms with Crippen molar-refractivity contribution in [3.63, 3.8) is 0 Å². The maximum atomic E-state index is 13.3. The van der Waals surface area contributed by atoms with Crippen LogP contribution in [0, 0.1) is 0 Å². The van der Waals surface area contributed by atoms with Crippen LogP contribution in [0.25, 0.3) is 11.4 Å². The average molecular weight is 506 g/mol. The van der Waals surface area contributed by atoms with Gasteiger partial charge in [0.1, 0.15) is 0 Å². The number of alkyl halides is 3. The fourth-order valence-electron chi connectivity index (χ4n) is 4.29. The summed E-state index contributed by atoms with van der Waals surface area (Å²) in [6, 6.07) is 22.5. The van der Waals surface area contributed by atoms with Crippen molar-refractivity contribution in [2.75, 3.05) is 6.54 Å². The molecule has 5 rings (SSSR count). The van der Waals surface area contributed by atoms with Crippen LogP contribution in [0.5, 0.6) is 0 Å². The van der Waals surface area contributed by atoms with Gasteiger partial charge in [0.25, 0.3) is 11.8 Å². The van der Waals surface area contributed by atoms with E-state index in [1.807, 2.05) is 42.5 Å². The van der Waals surface area contributed by atoms with Gasteiger partial charge in [0.05, 0.1) is 6.04 Å². The highest BCUT2D eigenvalue weighted by Crippen LogP contribution is 2.29. The maximum absolute atomic E-state index is 13.3. The van der Waals surface area contributed by atoms with Gasteiger partial charge in [-0.3, -0.25) is 9.59 Å². The van der Waals surface area contributed by atoms with Gasteiger partial charge < -0.3 is 14.7 Å². The molecule has 10 heteroatoms. The molecule has 4 aromatic rings. The minimum atomic E-state index is -4.74. The maximum Gasteiger partial charge on any atom is 0.471 e. The Balaban J connectivity index is 1.29. The number of carbonyl (C=O) groups is 2. The second kappa shape index (κ2) is 9.88. The van der Waals surface area contributed by atoms with Gasteiger partial charge in [-0.15, -0.1) is 0 Å². The molecule has 188 valence electrons. The second-order valence-corrected chi connectivity index (χ2v) is 8.63. The monoisotopic (exact) mass is 506 g/mol. The smallest absolute Gasteiger partial charge is 0.350 e. The van der Waals surface area contributed by atoms with Crippen molar-refractivity contribution in [1.82, 2.24) is 20.4 Å². The van der Waals surface area contributed by atoms with Crippen molar-refractivity contribution < 1.29 is 27.3 Å². The third-order valence-electron chi connectivity index (χ3n) is 6.21. The summed E-state index contributed by atoms with van der Waals surface area (Å²) in [7, 11) is 0. The fourth-order valence-corrected chi connectivity index (χ4v) is 4.29. The number of rotatable bonds is 5. The van der Waals surface area contributed by atoms with Crippen LogP contribution in [-0.2, 0) is 19.1 Å². The van der Waals surface area contributed by atoms with Gasteiger partial charge in [0, 0.05) is 29.8 Å². The minimum absolute atomic E-state index is 0.114. The van der Waals surface area contributed by atoms with Gasteiger partial charge in [-0.05, 0) is 41.8 Å². The van der Waals surface area contributed by atoms with Gasteiger partial charge in [-0.2, -0.15) is 18.2 Å². The molecule has 3 aromatic carbocycles. The number of hydrogen-bond donors (Lipinski definition) is 1. The summed E-state index contributed by atoms with van der Waals surface area (Å²) >= 11 is 0. The first-order chi connectivity index (χ1) is 17.8. The predicted molar refractivity (Wildman–Crippen MR) is 127 cm³/mol. The summed E-state index contributed by atoms with van der Waals surface area (Å²) in [6.45, 7) is 0.664. The van der Waals surface area contributed by atoms with Crippen LogP contribution < -0.4 is 5.32 Å². The summed E-state index contributed by atoms with van der Waals surface area (Å²) in [5.74, 6) is -2.15. The largest absolute Gasteiger partial charge is 0.471 e. The van der Waals surface area contributed by atoms with Gasteiger partial charge in [-0.1, -0.05) is 59.8 Å². The Bertz CT molecular complexity index is 1420. The molecule has 0 fully saturated rings. The van der Waals surface area contributed by atoms with Crippen LogP contribution in [0.1, 0.15) is 37.7 Å². The molecule has 0 spiro atoms. The molecule has 2 amide bonds. The van der Waals surface area contributed by atoms with Crippen molar-refractivity contribution >= 4 is 11.8 Å². The molecule has 0 aliphatic carbocycles. The Hall–Kier alpha value is -4.47. The van der Waals surface area contributed by atoms with E-state index in [9.17, 15) is 22.8 Å². The third kappa shape index (κ3) is 5.23. The second-order valence-electron chi connectivity index (χ2n) is 8.63. The minimum Gasteiger partial charge on any atom is -0.350 e. The van der Waals surface area contributed by atoms with E-state index in [1.165, 1.54) is 24.3 Å². The Morgan fingerprint density at radius 1 is 0.919 bits per heavy atom. The zero-order chi connectivity index (χ0) is 26.0.